The molecule has 0 amide bonds. The maximum atomic E-state index is 11.5. The van der Waals surface area contributed by atoms with Crippen LogP contribution in [0.2, 0.25) is 0 Å². The molecule has 0 aliphatic carbocycles. The summed E-state index contributed by atoms with van der Waals surface area (Å²) in [6.07, 6.45) is 3.51. The Bertz CT molecular complexity index is 526. The molecule has 1 unspecified atom stereocenters. The third kappa shape index (κ3) is 2.36. The zero-order valence-electron chi connectivity index (χ0n) is 10.8. The van der Waals surface area contributed by atoms with Crippen molar-refractivity contribution in [1.82, 2.24) is 10.2 Å². The van der Waals surface area contributed by atoms with Crippen LogP contribution in [0.3, 0.4) is 0 Å². The highest BCUT2D eigenvalue weighted by molar-refractivity contribution is 5.77. The van der Waals surface area contributed by atoms with Gasteiger partial charge in [0.05, 0.1) is 17.2 Å². The van der Waals surface area contributed by atoms with Crippen LogP contribution in [0.1, 0.15) is 31.7 Å². The summed E-state index contributed by atoms with van der Waals surface area (Å²) in [5.74, 6) is -0.275. The maximum Gasteiger partial charge on any atom is 0.311 e. The van der Waals surface area contributed by atoms with Crippen molar-refractivity contribution in [3.63, 3.8) is 0 Å². The second-order valence-electron chi connectivity index (χ2n) is 4.89. The first-order valence-electron chi connectivity index (χ1n) is 6.33. The van der Waals surface area contributed by atoms with Crippen LogP contribution in [0.5, 0.6) is 0 Å². The maximum absolute atomic E-state index is 11.5. The SMILES string of the molecule is CCCC1(C(=O)O)CCN(c2nnccc2C#N)C1. The van der Waals surface area contributed by atoms with Crippen LogP contribution >= 0.6 is 0 Å². The van der Waals surface area contributed by atoms with Crippen LogP contribution in [0.15, 0.2) is 12.3 Å². The van der Waals surface area contributed by atoms with E-state index in [-0.39, 0.29) is 0 Å². The number of rotatable bonds is 4. The van der Waals surface area contributed by atoms with Gasteiger partial charge in [-0.3, -0.25) is 4.79 Å². The number of carboxylic acid groups (broad SMARTS) is 1. The summed E-state index contributed by atoms with van der Waals surface area (Å²) in [5, 5.41) is 26.3. The molecule has 0 radical (unpaired) electrons. The van der Waals surface area contributed by atoms with E-state index >= 15 is 0 Å². The first-order valence-corrected chi connectivity index (χ1v) is 6.33. The molecule has 0 spiro atoms. The highest BCUT2D eigenvalue weighted by Gasteiger charge is 2.44. The number of aliphatic carboxylic acids is 1. The number of carbonyl (C=O) groups is 1. The Labute approximate surface area is 111 Å². The Morgan fingerprint density at radius 2 is 2.47 bits per heavy atom. The molecule has 1 saturated heterocycles. The molecule has 1 aromatic heterocycles. The van der Waals surface area contributed by atoms with Crippen molar-refractivity contribution in [2.75, 3.05) is 18.0 Å². The standard InChI is InChI=1S/C13H16N4O2/c1-2-4-13(12(18)19)5-7-17(9-13)11-10(8-14)3-6-15-16-11/h3,6H,2,4-5,7,9H2,1H3,(H,18,19). The van der Waals surface area contributed by atoms with E-state index in [4.69, 9.17) is 5.26 Å². The molecule has 6 heteroatoms. The van der Waals surface area contributed by atoms with Crippen molar-refractivity contribution < 1.29 is 9.90 Å². The number of hydrogen-bond donors (Lipinski definition) is 1. The molecule has 1 aliphatic heterocycles. The van der Waals surface area contributed by atoms with Crippen LogP contribution in [0, 0.1) is 16.7 Å². The molecule has 19 heavy (non-hydrogen) atoms. The first kappa shape index (κ1) is 13.3. The Balaban J connectivity index is 2.26. The predicted octanol–water partition coefficient (Wildman–Crippen LogP) is 1.43. The molecule has 1 N–H and O–H groups in total. The van der Waals surface area contributed by atoms with Crippen molar-refractivity contribution in [1.29, 1.82) is 5.26 Å². The number of aromatic nitrogens is 2. The number of anilines is 1. The van der Waals surface area contributed by atoms with E-state index < -0.39 is 11.4 Å². The summed E-state index contributed by atoms with van der Waals surface area (Å²) in [7, 11) is 0. The summed E-state index contributed by atoms with van der Waals surface area (Å²) in [6.45, 7) is 2.97. The minimum atomic E-state index is -0.765. The van der Waals surface area contributed by atoms with E-state index in [1.54, 1.807) is 6.07 Å². The highest BCUT2D eigenvalue weighted by Crippen LogP contribution is 2.37. The quantitative estimate of drug-likeness (QED) is 0.880. The number of nitrogens with zero attached hydrogens (tertiary/aromatic N) is 4. The number of nitriles is 1. The molecule has 2 heterocycles. The molecule has 1 aliphatic rings. The van der Waals surface area contributed by atoms with Crippen LogP contribution in [-0.2, 0) is 4.79 Å². The van der Waals surface area contributed by atoms with E-state index in [1.165, 1.54) is 6.20 Å². The topological polar surface area (TPSA) is 90.1 Å². The Morgan fingerprint density at radius 1 is 1.68 bits per heavy atom. The van der Waals surface area contributed by atoms with Crippen LogP contribution in [0.25, 0.3) is 0 Å². The highest BCUT2D eigenvalue weighted by atomic mass is 16.4. The Morgan fingerprint density at radius 3 is 3.11 bits per heavy atom. The minimum Gasteiger partial charge on any atom is -0.481 e. The van der Waals surface area contributed by atoms with Gasteiger partial charge in [-0.2, -0.15) is 10.4 Å². The molecule has 0 aromatic carbocycles. The van der Waals surface area contributed by atoms with E-state index in [0.29, 0.717) is 37.3 Å². The zero-order chi connectivity index (χ0) is 13.9. The molecule has 100 valence electrons. The molecular formula is C13H16N4O2. The zero-order valence-corrected chi connectivity index (χ0v) is 10.8. The van der Waals surface area contributed by atoms with Gasteiger partial charge in [0.2, 0.25) is 0 Å². The van der Waals surface area contributed by atoms with E-state index in [1.807, 2.05) is 11.8 Å². The fraction of sp³-hybridized carbons (Fsp3) is 0.538. The van der Waals surface area contributed by atoms with Crippen LogP contribution in [0.4, 0.5) is 5.82 Å². The summed E-state index contributed by atoms with van der Waals surface area (Å²) < 4.78 is 0. The summed E-state index contributed by atoms with van der Waals surface area (Å²) >= 11 is 0. The normalized spacial score (nSPS) is 22.2. The largest absolute Gasteiger partial charge is 0.481 e. The summed E-state index contributed by atoms with van der Waals surface area (Å²) in [4.78, 5) is 13.4. The van der Waals surface area contributed by atoms with E-state index in [0.717, 1.165) is 6.42 Å². The summed E-state index contributed by atoms with van der Waals surface area (Å²) in [5.41, 5.74) is -0.286. The smallest absolute Gasteiger partial charge is 0.311 e. The second kappa shape index (κ2) is 5.22. The summed E-state index contributed by atoms with van der Waals surface area (Å²) in [6, 6.07) is 3.67. The van der Waals surface area contributed by atoms with Gasteiger partial charge in [-0.1, -0.05) is 13.3 Å². The average Bonchev–Trinajstić information content (AvgIpc) is 2.84. The van der Waals surface area contributed by atoms with Crippen molar-refractivity contribution in [3.05, 3.63) is 17.8 Å². The van der Waals surface area contributed by atoms with Gasteiger partial charge in [0.15, 0.2) is 5.82 Å². The fourth-order valence-corrected chi connectivity index (χ4v) is 2.66. The lowest BCUT2D eigenvalue weighted by Gasteiger charge is -2.24. The third-order valence-corrected chi connectivity index (χ3v) is 3.66. The number of carboxylic acids is 1. The molecule has 6 nitrogen and oxygen atoms in total. The van der Waals surface area contributed by atoms with Gasteiger partial charge in [-0.25, -0.2) is 0 Å². The van der Waals surface area contributed by atoms with E-state index in [9.17, 15) is 9.90 Å². The van der Waals surface area contributed by atoms with Gasteiger partial charge in [-0.15, -0.1) is 5.10 Å². The van der Waals surface area contributed by atoms with Crippen LogP contribution in [-0.4, -0.2) is 34.4 Å². The lowest BCUT2D eigenvalue weighted by atomic mass is 9.83. The van der Waals surface area contributed by atoms with Gasteiger partial charge >= 0.3 is 5.97 Å². The molecule has 0 saturated carbocycles. The van der Waals surface area contributed by atoms with Gasteiger partial charge in [0.25, 0.3) is 0 Å². The lowest BCUT2D eigenvalue weighted by molar-refractivity contribution is -0.148. The molecular weight excluding hydrogens is 244 g/mol. The van der Waals surface area contributed by atoms with E-state index in [2.05, 4.69) is 16.3 Å². The predicted molar refractivity (Wildman–Crippen MR) is 68.6 cm³/mol. The van der Waals surface area contributed by atoms with Gasteiger partial charge in [0, 0.05) is 13.1 Å². The monoisotopic (exact) mass is 260 g/mol. The molecule has 1 fully saturated rings. The molecule has 2 rings (SSSR count). The van der Waals surface area contributed by atoms with Crippen molar-refractivity contribution in [2.24, 2.45) is 5.41 Å². The molecule has 0 bridgehead atoms. The average molecular weight is 260 g/mol. The van der Waals surface area contributed by atoms with Crippen LogP contribution < -0.4 is 4.90 Å². The molecule has 1 aromatic rings. The lowest BCUT2D eigenvalue weighted by Crippen LogP contribution is -2.35. The van der Waals surface area contributed by atoms with Crippen molar-refractivity contribution >= 4 is 11.8 Å². The fourth-order valence-electron chi connectivity index (χ4n) is 2.66. The van der Waals surface area contributed by atoms with Crippen molar-refractivity contribution in [3.8, 4) is 6.07 Å². The van der Waals surface area contributed by atoms with Crippen molar-refractivity contribution in [2.45, 2.75) is 26.2 Å². The Hall–Kier alpha value is -2.16. The van der Waals surface area contributed by atoms with Gasteiger partial charge < -0.3 is 10.0 Å². The Kier molecular flexibility index (Phi) is 3.65. The first-order chi connectivity index (χ1) is 9.13. The van der Waals surface area contributed by atoms with Gasteiger partial charge in [0.1, 0.15) is 6.07 Å². The minimum absolute atomic E-state index is 0.392. The van der Waals surface area contributed by atoms with Gasteiger partial charge in [-0.05, 0) is 18.9 Å². The second-order valence-corrected chi connectivity index (χ2v) is 4.89. The third-order valence-electron chi connectivity index (χ3n) is 3.66. The number of hydrogen-bond acceptors (Lipinski definition) is 5. The molecule has 1 atom stereocenters.